The first-order valence-electron chi connectivity index (χ1n) is 11.7. The van der Waals surface area contributed by atoms with Gasteiger partial charge in [0.25, 0.3) is 0 Å². The lowest BCUT2D eigenvalue weighted by molar-refractivity contribution is -0.137. The Kier molecular flexibility index (Phi) is 8.50. The van der Waals surface area contributed by atoms with E-state index in [2.05, 4.69) is 10.3 Å². The molecule has 0 aliphatic rings. The van der Waals surface area contributed by atoms with E-state index >= 15 is 0 Å². The van der Waals surface area contributed by atoms with Crippen molar-refractivity contribution in [3.63, 3.8) is 0 Å². The van der Waals surface area contributed by atoms with Crippen LogP contribution in [0.1, 0.15) is 18.9 Å². The number of amides is 1. The number of rotatable bonds is 9. The number of carbonyl (C=O) groups excluding carboxylic acids is 2. The fraction of sp³-hybridized carbons (Fsp3) is 0.143. The summed E-state index contributed by atoms with van der Waals surface area (Å²) < 4.78 is 63.2. The molecular weight excluding hydrogens is 534 g/mol. The van der Waals surface area contributed by atoms with Crippen molar-refractivity contribution < 1.29 is 31.9 Å². The number of nitrogens with zero attached hydrogens (tertiary/aromatic N) is 1. The number of nitrogens with one attached hydrogen (secondary N) is 2. The maximum atomic E-state index is 14.9. The highest BCUT2D eigenvalue weighted by molar-refractivity contribution is 7.14. The molecule has 4 aromatic rings. The van der Waals surface area contributed by atoms with Crippen LogP contribution in [0, 0.1) is 34.6 Å². The first kappa shape index (κ1) is 27.6. The molecule has 11 heteroatoms. The van der Waals surface area contributed by atoms with Gasteiger partial charge in [0, 0.05) is 10.9 Å². The quantitative estimate of drug-likeness (QED) is 0.0785. The normalized spacial score (nSPS) is 11.6. The number of hydrogen-bond acceptors (Lipinski definition) is 6. The third kappa shape index (κ3) is 5.88. The zero-order chi connectivity index (χ0) is 28.1. The summed E-state index contributed by atoms with van der Waals surface area (Å²) in [4.78, 5) is 29.3. The Bertz CT molecular complexity index is 1530. The Labute approximate surface area is 224 Å². The van der Waals surface area contributed by atoms with Crippen molar-refractivity contribution in [3.8, 4) is 22.4 Å². The maximum Gasteiger partial charge on any atom is 0.353 e. The highest BCUT2D eigenvalue weighted by atomic mass is 32.1. The molecule has 1 amide bonds. The van der Waals surface area contributed by atoms with Gasteiger partial charge >= 0.3 is 5.97 Å². The number of thiazole rings is 1. The molecule has 200 valence electrons. The highest BCUT2D eigenvalue weighted by Gasteiger charge is 2.30. The van der Waals surface area contributed by atoms with E-state index in [1.54, 1.807) is 43.3 Å². The van der Waals surface area contributed by atoms with Gasteiger partial charge in [0.1, 0.15) is 12.3 Å². The van der Waals surface area contributed by atoms with Crippen LogP contribution < -0.4 is 5.32 Å². The molecule has 0 saturated heterocycles. The minimum atomic E-state index is -1.99. The summed E-state index contributed by atoms with van der Waals surface area (Å²) in [6.07, 6.45) is 0.0878. The molecule has 0 radical (unpaired) electrons. The summed E-state index contributed by atoms with van der Waals surface area (Å²) in [5, 5.41) is 11.8. The van der Waals surface area contributed by atoms with Crippen LogP contribution >= 0.6 is 11.3 Å². The number of benzene rings is 3. The van der Waals surface area contributed by atoms with Crippen molar-refractivity contribution in [1.29, 1.82) is 5.41 Å². The van der Waals surface area contributed by atoms with Crippen molar-refractivity contribution in [2.24, 2.45) is 5.92 Å². The van der Waals surface area contributed by atoms with E-state index in [1.165, 1.54) is 29.6 Å². The maximum absolute atomic E-state index is 14.9. The zero-order valence-corrected chi connectivity index (χ0v) is 21.3. The monoisotopic (exact) mass is 555 g/mol. The van der Waals surface area contributed by atoms with Gasteiger partial charge < -0.3 is 10.1 Å². The predicted octanol–water partition coefficient (Wildman–Crippen LogP) is 6.76. The first-order valence-corrected chi connectivity index (χ1v) is 12.6. The molecule has 39 heavy (non-hydrogen) atoms. The third-order valence-electron chi connectivity index (χ3n) is 5.83. The van der Waals surface area contributed by atoms with Gasteiger partial charge in [-0.05, 0) is 17.5 Å². The Morgan fingerprint density at radius 1 is 0.923 bits per heavy atom. The molecule has 2 N–H and O–H groups in total. The summed E-state index contributed by atoms with van der Waals surface area (Å²) in [5.41, 5.74) is -1.14. The minimum Gasteiger partial charge on any atom is -0.456 e. The number of esters is 1. The fourth-order valence-electron chi connectivity index (χ4n) is 3.85. The predicted molar refractivity (Wildman–Crippen MR) is 139 cm³/mol. The van der Waals surface area contributed by atoms with E-state index in [9.17, 15) is 27.2 Å². The highest BCUT2D eigenvalue weighted by Crippen LogP contribution is 2.40. The SMILES string of the molecule is CCC(C(=N)C(=O)OCc1ccccc1)C(=O)Nc1nc(-c2c(F)c(F)c(F)c(F)c2-c2ccccc2)cs1. The van der Waals surface area contributed by atoms with Crippen LogP contribution in [0.15, 0.2) is 66.0 Å². The average molecular weight is 556 g/mol. The molecule has 3 aromatic carbocycles. The van der Waals surface area contributed by atoms with Gasteiger partial charge in [-0.25, -0.2) is 27.3 Å². The molecule has 0 bridgehead atoms. The van der Waals surface area contributed by atoms with Crippen molar-refractivity contribution in [2.75, 3.05) is 5.32 Å². The number of ether oxygens (including phenoxy) is 1. The summed E-state index contributed by atoms with van der Waals surface area (Å²) in [6, 6.07) is 16.3. The molecule has 1 atom stereocenters. The van der Waals surface area contributed by atoms with Crippen LogP contribution in [0.2, 0.25) is 0 Å². The van der Waals surface area contributed by atoms with Crippen molar-refractivity contribution >= 4 is 34.1 Å². The molecule has 0 aliphatic heterocycles. The third-order valence-corrected chi connectivity index (χ3v) is 6.58. The molecule has 4 rings (SSSR count). The standard InChI is InChI=1S/C28H21F4N3O3S/c1-2-17(25(33)27(37)38-13-15-9-5-3-6-10-15)26(36)35-28-34-18(14-39-28)20-19(16-11-7-4-8-12-16)21(29)23(31)24(32)22(20)30/h3-12,14,17,33H,2,13H2,1H3,(H,34,35,36). The summed E-state index contributed by atoms with van der Waals surface area (Å²) in [6.45, 7) is 1.53. The number of anilines is 1. The lowest BCUT2D eigenvalue weighted by Crippen LogP contribution is -2.34. The number of carbonyl (C=O) groups is 2. The van der Waals surface area contributed by atoms with Gasteiger partial charge in [-0.3, -0.25) is 10.2 Å². The average Bonchev–Trinajstić information content (AvgIpc) is 3.41. The number of halogens is 4. The summed E-state index contributed by atoms with van der Waals surface area (Å²) >= 11 is 0.822. The van der Waals surface area contributed by atoms with Crippen LogP contribution in [-0.2, 0) is 20.9 Å². The van der Waals surface area contributed by atoms with E-state index < -0.39 is 57.9 Å². The molecule has 0 aliphatic carbocycles. The lowest BCUT2D eigenvalue weighted by Gasteiger charge is -2.15. The second kappa shape index (κ2) is 12.0. The molecule has 0 fully saturated rings. The number of aromatic nitrogens is 1. The topological polar surface area (TPSA) is 92.1 Å². The molecular formula is C28H21F4N3O3S. The molecule has 0 saturated carbocycles. The molecule has 0 spiro atoms. The Morgan fingerprint density at radius 2 is 1.51 bits per heavy atom. The Hall–Kier alpha value is -4.38. The van der Waals surface area contributed by atoms with Crippen molar-refractivity contribution in [1.82, 2.24) is 4.98 Å². The van der Waals surface area contributed by atoms with E-state index in [0.29, 0.717) is 5.56 Å². The summed E-state index contributed by atoms with van der Waals surface area (Å²) in [5.74, 6) is -10.1. The van der Waals surface area contributed by atoms with Gasteiger partial charge in [-0.2, -0.15) is 0 Å². The van der Waals surface area contributed by atoms with Crippen LogP contribution in [0.3, 0.4) is 0 Å². The molecule has 1 aromatic heterocycles. The minimum absolute atomic E-state index is 0.0734. The van der Waals surface area contributed by atoms with Gasteiger partial charge in [-0.15, -0.1) is 11.3 Å². The van der Waals surface area contributed by atoms with Crippen molar-refractivity contribution in [2.45, 2.75) is 20.0 Å². The smallest absolute Gasteiger partial charge is 0.353 e. The van der Waals surface area contributed by atoms with Gasteiger partial charge in [0.15, 0.2) is 28.4 Å². The second-order valence-electron chi connectivity index (χ2n) is 8.34. The molecule has 1 heterocycles. The first-order chi connectivity index (χ1) is 18.7. The van der Waals surface area contributed by atoms with Crippen molar-refractivity contribution in [3.05, 3.63) is 94.9 Å². The number of hydrogen-bond donors (Lipinski definition) is 2. The summed E-state index contributed by atoms with van der Waals surface area (Å²) in [7, 11) is 0. The van der Waals surface area contributed by atoms with E-state index in [1.807, 2.05) is 0 Å². The zero-order valence-electron chi connectivity index (χ0n) is 20.4. The van der Waals surface area contributed by atoms with Gasteiger partial charge in [0.05, 0.1) is 17.2 Å². The van der Waals surface area contributed by atoms with Crippen LogP contribution in [0.25, 0.3) is 22.4 Å². The largest absolute Gasteiger partial charge is 0.456 e. The molecule has 1 unspecified atom stereocenters. The van der Waals surface area contributed by atoms with E-state index in [0.717, 1.165) is 11.3 Å². The lowest BCUT2D eigenvalue weighted by atomic mass is 9.96. The van der Waals surface area contributed by atoms with Gasteiger partial charge in [-0.1, -0.05) is 67.6 Å². The second-order valence-corrected chi connectivity index (χ2v) is 9.19. The van der Waals surface area contributed by atoms with Gasteiger partial charge in [0.2, 0.25) is 5.91 Å². The Balaban J connectivity index is 1.56. The fourth-order valence-corrected chi connectivity index (χ4v) is 4.55. The Morgan fingerprint density at radius 3 is 2.13 bits per heavy atom. The van der Waals surface area contributed by atoms with Crippen LogP contribution in [0.4, 0.5) is 22.7 Å². The van der Waals surface area contributed by atoms with E-state index in [-0.39, 0.29) is 29.4 Å². The van der Waals surface area contributed by atoms with E-state index in [4.69, 9.17) is 10.1 Å². The molecule has 6 nitrogen and oxygen atoms in total. The van der Waals surface area contributed by atoms with Crippen LogP contribution in [-0.4, -0.2) is 22.6 Å². The van der Waals surface area contributed by atoms with Crippen LogP contribution in [0.5, 0.6) is 0 Å².